The van der Waals surface area contributed by atoms with Crippen LogP contribution in [0.2, 0.25) is 0 Å². The summed E-state index contributed by atoms with van der Waals surface area (Å²) in [6.07, 6.45) is 3.55. The van der Waals surface area contributed by atoms with Crippen LogP contribution in [0.1, 0.15) is 31.9 Å². The number of methoxy groups -OCH3 is 1. The summed E-state index contributed by atoms with van der Waals surface area (Å²) >= 11 is 3.49. The van der Waals surface area contributed by atoms with E-state index in [0.29, 0.717) is 13.1 Å². The molecule has 2 aromatic carbocycles. The highest BCUT2D eigenvalue weighted by Gasteiger charge is 2.25. The number of morpholine rings is 1. The molecule has 1 aliphatic rings. The van der Waals surface area contributed by atoms with Crippen molar-refractivity contribution in [3.63, 3.8) is 0 Å². The van der Waals surface area contributed by atoms with E-state index in [1.54, 1.807) is 19.4 Å². The predicted octanol–water partition coefficient (Wildman–Crippen LogP) is 6.22. The van der Waals surface area contributed by atoms with Crippen LogP contribution in [0.5, 0.6) is 5.75 Å². The zero-order valence-corrected chi connectivity index (χ0v) is 20.7. The molecule has 0 radical (unpaired) electrons. The first-order valence-electron chi connectivity index (χ1n) is 10.8. The van der Waals surface area contributed by atoms with Gasteiger partial charge >= 0.3 is 0 Å². The van der Waals surface area contributed by atoms with Gasteiger partial charge in [-0.05, 0) is 57.0 Å². The molecule has 1 aromatic heterocycles. The van der Waals surface area contributed by atoms with E-state index in [2.05, 4.69) is 34.1 Å². The largest absolute Gasteiger partial charge is 0.496 e. The minimum Gasteiger partial charge on any atom is -0.496 e. The molecule has 1 fully saturated rings. The van der Waals surface area contributed by atoms with Crippen LogP contribution < -0.4 is 4.74 Å². The highest BCUT2D eigenvalue weighted by atomic mass is 79.9. The molecule has 0 aliphatic carbocycles. The summed E-state index contributed by atoms with van der Waals surface area (Å²) in [6.45, 7) is 9.12. The molecular weight excluding hydrogens is 470 g/mol. The second-order valence-corrected chi connectivity index (χ2v) is 9.36. The average molecular weight is 498 g/mol. The molecule has 0 spiro atoms. The molecular formula is C26H28BrNO4. The Hall–Kier alpha value is -2.57. The quantitative estimate of drug-likeness (QED) is 0.401. The maximum atomic E-state index is 13.0. The van der Waals surface area contributed by atoms with Crippen molar-refractivity contribution < 1.29 is 18.7 Å². The number of amides is 1. The number of fused-ring (bicyclic) bond motifs is 1. The van der Waals surface area contributed by atoms with E-state index in [0.717, 1.165) is 49.0 Å². The first-order chi connectivity index (χ1) is 15.3. The number of ether oxygens (including phenoxy) is 2. The van der Waals surface area contributed by atoms with Crippen LogP contribution >= 0.6 is 15.9 Å². The summed E-state index contributed by atoms with van der Waals surface area (Å²) in [7, 11) is 1.65. The third-order valence-electron chi connectivity index (χ3n) is 5.90. The average Bonchev–Trinajstić information content (AvgIpc) is 3.17. The molecule has 5 nitrogen and oxygen atoms in total. The van der Waals surface area contributed by atoms with E-state index in [9.17, 15) is 4.79 Å². The van der Waals surface area contributed by atoms with Gasteiger partial charge in [-0.3, -0.25) is 4.79 Å². The van der Waals surface area contributed by atoms with Crippen LogP contribution in [0.4, 0.5) is 0 Å². The van der Waals surface area contributed by atoms with Crippen molar-refractivity contribution in [2.75, 3.05) is 20.2 Å². The van der Waals surface area contributed by atoms with Crippen molar-refractivity contribution in [2.45, 2.75) is 39.9 Å². The van der Waals surface area contributed by atoms with Gasteiger partial charge in [-0.1, -0.05) is 28.1 Å². The maximum Gasteiger partial charge on any atom is 0.247 e. The van der Waals surface area contributed by atoms with Crippen molar-refractivity contribution in [3.8, 4) is 16.9 Å². The summed E-state index contributed by atoms with van der Waals surface area (Å²) in [4.78, 5) is 14.9. The molecule has 1 saturated heterocycles. The van der Waals surface area contributed by atoms with Gasteiger partial charge in [0.1, 0.15) is 11.3 Å². The molecule has 4 rings (SSSR count). The van der Waals surface area contributed by atoms with Gasteiger partial charge in [0.05, 0.1) is 25.6 Å². The van der Waals surface area contributed by atoms with Gasteiger partial charge in [-0.15, -0.1) is 0 Å². The highest BCUT2D eigenvalue weighted by Crippen LogP contribution is 2.40. The van der Waals surface area contributed by atoms with Crippen LogP contribution in [0.15, 0.2) is 51.6 Å². The monoisotopic (exact) mass is 497 g/mol. The third kappa shape index (κ3) is 4.34. The first-order valence-corrected chi connectivity index (χ1v) is 11.6. The summed E-state index contributed by atoms with van der Waals surface area (Å²) in [5.41, 5.74) is 5.52. The SMILES string of the molecule is COc1c(/C(C)=C/C(=O)N2CC(C)OC(C)C2)cc2c(-c3ccc(Br)cc3)coc2c1C. The lowest BCUT2D eigenvalue weighted by Gasteiger charge is -2.34. The van der Waals surface area contributed by atoms with E-state index < -0.39 is 0 Å². The first kappa shape index (κ1) is 22.6. The standard InChI is InChI=1S/C26H28BrNO4/c1-15(10-24(29)28-12-16(2)32-17(3)13-28)21-11-22-23(19-6-8-20(27)9-7-19)14-31-26(22)18(4)25(21)30-5/h6-11,14,16-17H,12-13H2,1-5H3/b15-10+. The van der Waals surface area contributed by atoms with Gasteiger partial charge in [0, 0.05) is 45.7 Å². The molecule has 0 bridgehead atoms. The van der Waals surface area contributed by atoms with Crippen molar-refractivity contribution in [1.82, 2.24) is 4.90 Å². The fourth-order valence-electron chi connectivity index (χ4n) is 4.44. The lowest BCUT2D eigenvalue weighted by Crippen LogP contribution is -2.47. The number of hydrogen-bond donors (Lipinski definition) is 0. The summed E-state index contributed by atoms with van der Waals surface area (Å²) < 4.78 is 18.5. The summed E-state index contributed by atoms with van der Waals surface area (Å²) in [5, 5.41) is 0.995. The molecule has 0 N–H and O–H groups in total. The van der Waals surface area contributed by atoms with E-state index in [1.165, 1.54) is 0 Å². The number of aryl methyl sites for hydroxylation is 1. The number of hydrogen-bond acceptors (Lipinski definition) is 4. The molecule has 0 saturated carbocycles. The number of allylic oxidation sites excluding steroid dienone is 1. The maximum absolute atomic E-state index is 13.0. The Morgan fingerprint density at radius 1 is 1.19 bits per heavy atom. The number of furan rings is 1. The fraction of sp³-hybridized carbons (Fsp3) is 0.346. The lowest BCUT2D eigenvalue weighted by molar-refractivity contribution is -0.137. The van der Waals surface area contributed by atoms with Crippen LogP contribution in [-0.2, 0) is 9.53 Å². The number of rotatable bonds is 4. The van der Waals surface area contributed by atoms with Crippen molar-refractivity contribution in [2.24, 2.45) is 0 Å². The van der Waals surface area contributed by atoms with Gasteiger partial charge in [-0.25, -0.2) is 0 Å². The lowest BCUT2D eigenvalue weighted by atomic mass is 9.96. The second-order valence-electron chi connectivity index (χ2n) is 8.44. The fourth-order valence-corrected chi connectivity index (χ4v) is 4.70. The molecule has 6 heteroatoms. The number of halogens is 1. The Morgan fingerprint density at radius 2 is 1.84 bits per heavy atom. The molecule has 168 valence electrons. The second kappa shape index (κ2) is 9.12. The third-order valence-corrected chi connectivity index (χ3v) is 6.43. The van der Waals surface area contributed by atoms with Crippen LogP contribution in [-0.4, -0.2) is 43.2 Å². The van der Waals surface area contributed by atoms with Gasteiger partial charge < -0.3 is 18.8 Å². The van der Waals surface area contributed by atoms with E-state index in [1.807, 2.05) is 44.7 Å². The minimum absolute atomic E-state index is 0.00960. The Kier molecular flexibility index (Phi) is 6.45. The van der Waals surface area contributed by atoms with Gasteiger partial charge in [0.15, 0.2) is 0 Å². The number of nitrogens with zero attached hydrogens (tertiary/aromatic N) is 1. The van der Waals surface area contributed by atoms with Crippen LogP contribution in [0.3, 0.4) is 0 Å². The highest BCUT2D eigenvalue weighted by molar-refractivity contribution is 9.10. The van der Waals surface area contributed by atoms with Gasteiger partial charge in [-0.2, -0.15) is 0 Å². The minimum atomic E-state index is -0.00960. The molecule has 1 aliphatic heterocycles. The summed E-state index contributed by atoms with van der Waals surface area (Å²) in [5.74, 6) is 0.712. The van der Waals surface area contributed by atoms with Gasteiger partial charge in [0.25, 0.3) is 0 Å². The van der Waals surface area contributed by atoms with Gasteiger partial charge in [0.2, 0.25) is 5.91 Å². The summed E-state index contributed by atoms with van der Waals surface area (Å²) in [6, 6.07) is 10.2. The van der Waals surface area contributed by atoms with E-state index >= 15 is 0 Å². The molecule has 3 aromatic rings. The Bertz CT molecular complexity index is 1170. The van der Waals surface area contributed by atoms with Crippen LogP contribution in [0, 0.1) is 6.92 Å². The molecule has 32 heavy (non-hydrogen) atoms. The smallest absolute Gasteiger partial charge is 0.247 e. The van der Waals surface area contributed by atoms with Crippen molar-refractivity contribution >= 4 is 38.4 Å². The predicted molar refractivity (Wildman–Crippen MR) is 131 cm³/mol. The molecule has 2 unspecified atom stereocenters. The van der Waals surface area contributed by atoms with Crippen molar-refractivity contribution in [1.29, 1.82) is 0 Å². The zero-order chi connectivity index (χ0) is 23.0. The Labute approximate surface area is 197 Å². The van der Waals surface area contributed by atoms with Crippen LogP contribution in [0.25, 0.3) is 27.7 Å². The van der Waals surface area contributed by atoms with Crippen molar-refractivity contribution in [3.05, 3.63) is 58.3 Å². The number of benzene rings is 2. The molecule has 2 atom stereocenters. The Morgan fingerprint density at radius 3 is 2.47 bits per heavy atom. The zero-order valence-electron chi connectivity index (χ0n) is 19.1. The molecule has 2 heterocycles. The number of carbonyl (C=O) groups excluding carboxylic acids is 1. The topological polar surface area (TPSA) is 51.9 Å². The molecule has 1 amide bonds. The van der Waals surface area contributed by atoms with E-state index in [4.69, 9.17) is 13.9 Å². The van der Waals surface area contributed by atoms with E-state index in [-0.39, 0.29) is 18.1 Å². The Balaban J connectivity index is 1.77. The number of carbonyl (C=O) groups is 1. The normalized spacial score (nSPS) is 19.4.